The van der Waals surface area contributed by atoms with Gasteiger partial charge < -0.3 is 4.79 Å². The van der Waals surface area contributed by atoms with Crippen LogP contribution in [0.3, 0.4) is 0 Å². The summed E-state index contributed by atoms with van der Waals surface area (Å²) in [5.74, 6) is 0. The molecule has 21 heavy (non-hydrogen) atoms. The Hall–Kier alpha value is -1.98. The lowest BCUT2D eigenvalue weighted by Crippen LogP contribution is -2.15. The molecule has 1 unspecified atom stereocenters. The lowest BCUT2D eigenvalue weighted by atomic mass is 10.1. The maximum Gasteiger partial charge on any atom is 0.244 e. The fraction of sp³-hybridized carbons (Fsp3) is 0.188. The molecule has 3 rings (SSSR count). The highest BCUT2D eigenvalue weighted by Crippen LogP contribution is 2.46. The van der Waals surface area contributed by atoms with Crippen molar-refractivity contribution in [2.24, 2.45) is 0 Å². The SMILES string of the molecule is Cc1ccc(S(=O)(=O)N2[C@@H](C=O)[C@@H]2c2ccccc2)cc1. The summed E-state index contributed by atoms with van der Waals surface area (Å²) in [5, 5.41) is 0. The first-order valence-electron chi connectivity index (χ1n) is 6.66. The van der Waals surface area contributed by atoms with E-state index in [0.717, 1.165) is 11.1 Å². The third-order valence-electron chi connectivity index (χ3n) is 3.68. The van der Waals surface area contributed by atoms with Crippen LogP contribution >= 0.6 is 0 Å². The Morgan fingerprint density at radius 1 is 1.00 bits per heavy atom. The van der Waals surface area contributed by atoms with Crippen molar-refractivity contribution in [3.05, 3.63) is 65.7 Å². The minimum Gasteiger partial charge on any atom is -0.302 e. The number of rotatable bonds is 4. The summed E-state index contributed by atoms with van der Waals surface area (Å²) in [6, 6.07) is 14.9. The van der Waals surface area contributed by atoms with Crippen LogP contribution in [-0.2, 0) is 14.8 Å². The largest absolute Gasteiger partial charge is 0.302 e. The first-order valence-corrected chi connectivity index (χ1v) is 8.10. The molecule has 1 saturated heterocycles. The molecule has 1 heterocycles. The van der Waals surface area contributed by atoms with Crippen LogP contribution in [0.4, 0.5) is 0 Å². The van der Waals surface area contributed by atoms with E-state index in [1.54, 1.807) is 24.3 Å². The van der Waals surface area contributed by atoms with Crippen molar-refractivity contribution in [3.63, 3.8) is 0 Å². The summed E-state index contributed by atoms with van der Waals surface area (Å²) in [5.41, 5.74) is 1.83. The molecule has 5 heteroatoms. The van der Waals surface area contributed by atoms with Crippen LogP contribution in [0.5, 0.6) is 0 Å². The molecule has 3 atom stereocenters. The van der Waals surface area contributed by atoms with E-state index in [1.165, 1.54) is 4.31 Å². The van der Waals surface area contributed by atoms with Gasteiger partial charge in [0.05, 0.1) is 10.9 Å². The highest BCUT2D eigenvalue weighted by Gasteiger charge is 2.56. The second kappa shape index (κ2) is 5.09. The second-order valence-electron chi connectivity index (χ2n) is 5.13. The number of nitrogens with zero attached hydrogens (tertiary/aromatic N) is 1. The Bertz CT molecular complexity index is 754. The average molecular weight is 301 g/mol. The predicted molar refractivity (Wildman–Crippen MR) is 79.2 cm³/mol. The van der Waals surface area contributed by atoms with Crippen molar-refractivity contribution in [1.29, 1.82) is 0 Å². The molecule has 0 aromatic heterocycles. The van der Waals surface area contributed by atoms with Crippen LogP contribution in [0, 0.1) is 6.92 Å². The molecule has 0 saturated carbocycles. The molecule has 1 fully saturated rings. The Balaban J connectivity index is 1.96. The third-order valence-corrected chi connectivity index (χ3v) is 5.57. The van der Waals surface area contributed by atoms with Gasteiger partial charge in [-0.2, -0.15) is 4.31 Å². The first kappa shape index (κ1) is 14.0. The van der Waals surface area contributed by atoms with Gasteiger partial charge in [0, 0.05) is 0 Å². The van der Waals surface area contributed by atoms with Gasteiger partial charge in [-0.05, 0) is 24.6 Å². The average Bonchev–Trinajstić information content (AvgIpc) is 3.24. The maximum atomic E-state index is 12.6. The second-order valence-corrected chi connectivity index (χ2v) is 6.97. The number of benzene rings is 2. The van der Waals surface area contributed by atoms with E-state index in [0.29, 0.717) is 6.29 Å². The van der Waals surface area contributed by atoms with Gasteiger partial charge in [-0.3, -0.25) is 0 Å². The van der Waals surface area contributed by atoms with E-state index in [9.17, 15) is 13.2 Å². The van der Waals surface area contributed by atoms with Gasteiger partial charge in [-0.15, -0.1) is 0 Å². The van der Waals surface area contributed by atoms with E-state index < -0.39 is 22.1 Å². The number of hydrogen-bond donors (Lipinski definition) is 0. The number of aryl methyl sites for hydroxylation is 1. The molecule has 108 valence electrons. The lowest BCUT2D eigenvalue weighted by molar-refractivity contribution is -0.107. The van der Waals surface area contributed by atoms with Gasteiger partial charge in [0.25, 0.3) is 0 Å². The quantitative estimate of drug-likeness (QED) is 0.643. The van der Waals surface area contributed by atoms with Gasteiger partial charge >= 0.3 is 0 Å². The highest BCUT2D eigenvalue weighted by molar-refractivity contribution is 7.89. The van der Waals surface area contributed by atoms with Crippen LogP contribution in [0.1, 0.15) is 17.2 Å². The predicted octanol–water partition coefficient (Wildman–Crippen LogP) is 2.31. The molecule has 1 aliphatic heterocycles. The van der Waals surface area contributed by atoms with Crippen LogP contribution in [-0.4, -0.2) is 25.1 Å². The van der Waals surface area contributed by atoms with E-state index in [-0.39, 0.29) is 4.90 Å². The summed E-state index contributed by atoms with van der Waals surface area (Å²) in [6.07, 6.45) is 0.698. The number of carbonyl (C=O) groups is 1. The zero-order valence-corrected chi connectivity index (χ0v) is 12.3. The van der Waals surface area contributed by atoms with Crippen LogP contribution < -0.4 is 0 Å². The first-order chi connectivity index (χ1) is 10.1. The molecule has 2 aromatic rings. The van der Waals surface area contributed by atoms with E-state index in [2.05, 4.69) is 0 Å². The number of carbonyl (C=O) groups excluding carboxylic acids is 1. The van der Waals surface area contributed by atoms with Gasteiger partial charge in [0.15, 0.2) is 0 Å². The minimum absolute atomic E-state index is 0.221. The summed E-state index contributed by atoms with van der Waals surface area (Å²) in [7, 11) is -3.64. The molecule has 0 bridgehead atoms. The normalized spacial score (nSPS) is 24.5. The zero-order valence-electron chi connectivity index (χ0n) is 11.5. The molecule has 4 nitrogen and oxygen atoms in total. The van der Waals surface area contributed by atoms with Crippen molar-refractivity contribution in [1.82, 2.24) is 4.31 Å². The van der Waals surface area contributed by atoms with Crippen molar-refractivity contribution < 1.29 is 13.2 Å². The standard InChI is InChI=1S/C16H15NO3S/c1-12-7-9-14(10-8-12)21(19,20)17-15(11-18)16(17)13-5-3-2-4-6-13/h2-11,15-16H,1H3/t15-,16-,17?/m0/s1. The summed E-state index contributed by atoms with van der Waals surface area (Å²) < 4.78 is 26.5. The Kier molecular flexibility index (Phi) is 3.39. The zero-order chi connectivity index (χ0) is 15.0. The highest BCUT2D eigenvalue weighted by atomic mass is 32.2. The fourth-order valence-electron chi connectivity index (χ4n) is 2.50. The van der Waals surface area contributed by atoms with E-state index in [4.69, 9.17) is 0 Å². The third kappa shape index (κ3) is 2.39. The summed E-state index contributed by atoms with van der Waals surface area (Å²) in [6.45, 7) is 1.90. The molecule has 2 aromatic carbocycles. The molecule has 0 N–H and O–H groups in total. The van der Waals surface area contributed by atoms with Crippen molar-refractivity contribution in [3.8, 4) is 0 Å². The number of hydrogen-bond acceptors (Lipinski definition) is 3. The Morgan fingerprint density at radius 2 is 1.62 bits per heavy atom. The van der Waals surface area contributed by atoms with Crippen molar-refractivity contribution in [2.45, 2.75) is 23.9 Å². The summed E-state index contributed by atoms with van der Waals surface area (Å²) in [4.78, 5) is 11.4. The Morgan fingerprint density at radius 3 is 2.19 bits per heavy atom. The van der Waals surface area contributed by atoms with Crippen molar-refractivity contribution in [2.75, 3.05) is 0 Å². The smallest absolute Gasteiger partial charge is 0.244 e. The van der Waals surface area contributed by atoms with Crippen LogP contribution in [0.25, 0.3) is 0 Å². The molecule has 0 aliphatic carbocycles. The van der Waals surface area contributed by atoms with Crippen LogP contribution in [0.2, 0.25) is 0 Å². The molecular weight excluding hydrogens is 286 g/mol. The van der Waals surface area contributed by atoms with Crippen LogP contribution in [0.15, 0.2) is 59.5 Å². The van der Waals surface area contributed by atoms with Crippen molar-refractivity contribution >= 4 is 16.3 Å². The number of aldehydes is 1. The lowest BCUT2D eigenvalue weighted by Gasteiger charge is -2.06. The molecular formula is C16H15NO3S. The topological polar surface area (TPSA) is 54.2 Å². The monoisotopic (exact) mass is 301 g/mol. The molecule has 0 radical (unpaired) electrons. The fourth-order valence-corrected chi connectivity index (χ4v) is 4.20. The minimum atomic E-state index is -3.64. The maximum absolute atomic E-state index is 12.6. The van der Waals surface area contributed by atoms with Gasteiger partial charge in [0.1, 0.15) is 12.3 Å². The van der Waals surface area contributed by atoms with Gasteiger partial charge in [-0.25, -0.2) is 8.42 Å². The van der Waals surface area contributed by atoms with E-state index in [1.807, 2.05) is 37.3 Å². The van der Waals surface area contributed by atoms with E-state index >= 15 is 0 Å². The van der Waals surface area contributed by atoms with Gasteiger partial charge in [-0.1, -0.05) is 48.0 Å². The van der Waals surface area contributed by atoms with Gasteiger partial charge in [0.2, 0.25) is 10.0 Å². The summed E-state index contributed by atoms with van der Waals surface area (Å²) >= 11 is 0. The Labute approximate surface area is 124 Å². The molecule has 1 aliphatic rings. The number of sulfonamides is 1. The molecule has 0 amide bonds. The molecule has 0 spiro atoms.